The van der Waals surface area contributed by atoms with Crippen molar-refractivity contribution in [1.82, 2.24) is 10.6 Å². The van der Waals surface area contributed by atoms with Crippen LogP contribution in [0.4, 0.5) is 0 Å². The molecule has 2 N–H and O–H groups in total. The molecule has 0 rings (SSSR count). The van der Waals surface area contributed by atoms with Gasteiger partial charge in [-0.15, -0.1) is 0 Å². The van der Waals surface area contributed by atoms with E-state index < -0.39 is 0 Å². The number of hydrogen-bond donors (Lipinski definition) is 5. The summed E-state index contributed by atoms with van der Waals surface area (Å²) in [6.45, 7) is 6.45. The molecule has 0 spiro atoms. The molecule has 0 aliphatic rings. The fourth-order valence-electron chi connectivity index (χ4n) is 2.18. The number of nitrogens with one attached hydrogen (secondary N) is 2. The van der Waals surface area contributed by atoms with E-state index in [0.29, 0.717) is 18.0 Å². The van der Waals surface area contributed by atoms with E-state index in [4.69, 9.17) is 0 Å². The molecule has 0 bridgehead atoms. The van der Waals surface area contributed by atoms with E-state index in [-0.39, 0.29) is 0 Å². The molecule has 0 heterocycles. The first kappa shape index (κ1) is 20.0. The highest BCUT2D eigenvalue weighted by atomic mass is 32.1. The zero-order valence-electron chi connectivity index (χ0n) is 12.4. The molecule has 0 aromatic rings. The minimum absolute atomic E-state index is 0.534. The summed E-state index contributed by atoms with van der Waals surface area (Å²) in [4.78, 5) is 0. The third-order valence-electron chi connectivity index (χ3n) is 3.45. The lowest BCUT2D eigenvalue weighted by Crippen LogP contribution is -2.36. The molecule has 0 unspecified atom stereocenters. The van der Waals surface area contributed by atoms with Crippen molar-refractivity contribution in [2.45, 2.75) is 51.6 Å². The molecule has 0 saturated heterocycles. The van der Waals surface area contributed by atoms with E-state index in [1.807, 2.05) is 0 Å². The second-order valence-corrected chi connectivity index (χ2v) is 6.23. The van der Waals surface area contributed by atoms with Crippen LogP contribution in [0.1, 0.15) is 39.5 Å². The van der Waals surface area contributed by atoms with E-state index in [1.165, 1.54) is 25.7 Å². The summed E-state index contributed by atoms with van der Waals surface area (Å²) in [6.07, 6.45) is 4.81. The van der Waals surface area contributed by atoms with Crippen LogP contribution in [0.5, 0.6) is 0 Å². The van der Waals surface area contributed by atoms with Crippen molar-refractivity contribution in [3.63, 3.8) is 0 Å². The Morgan fingerprint density at radius 1 is 0.789 bits per heavy atom. The first-order valence-corrected chi connectivity index (χ1v) is 9.40. The summed E-state index contributed by atoms with van der Waals surface area (Å²) in [5.74, 6) is 3.42. The summed E-state index contributed by atoms with van der Waals surface area (Å²) < 4.78 is 0. The average molecular weight is 325 g/mol. The molecule has 0 fully saturated rings. The maximum atomic E-state index is 4.48. The summed E-state index contributed by atoms with van der Waals surface area (Å²) in [6, 6.07) is 1.08. The SMILES string of the molecule is CCC[C@@H](CS)NC[C@@H](CS)CC[C@@H](CS)NCC. The van der Waals surface area contributed by atoms with Crippen LogP contribution in [-0.2, 0) is 0 Å². The van der Waals surface area contributed by atoms with Gasteiger partial charge in [-0.05, 0) is 44.0 Å². The van der Waals surface area contributed by atoms with Crippen molar-refractivity contribution in [1.29, 1.82) is 0 Å². The van der Waals surface area contributed by atoms with Gasteiger partial charge in [0.1, 0.15) is 0 Å². The molecular weight excluding hydrogens is 292 g/mol. The lowest BCUT2D eigenvalue weighted by Gasteiger charge is -2.23. The molecule has 0 saturated carbocycles. The van der Waals surface area contributed by atoms with Crippen LogP contribution in [0.25, 0.3) is 0 Å². The van der Waals surface area contributed by atoms with Gasteiger partial charge in [-0.1, -0.05) is 20.3 Å². The van der Waals surface area contributed by atoms with Crippen molar-refractivity contribution in [2.75, 3.05) is 30.3 Å². The first-order chi connectivity index (χ1) is 9.21. The largest absolute Gasteiger partial charge is 0.313 e. The van der Waals surface area contributed by atoms with E-state index in [0.717, 1.165) is 30.3 Å². The quantitative estimate of drug-likeness (QED) is 0.337. The van der Waals surface area contributed by atoms with E-state index in [1.54, 1.807) is 0 Å². The second-order valence-electron chi connectivity index (χ2n) is 5.14. The summed E-state index contributed by atoms with van der Waals surface area (Å²) in [5.41, 5.74) is 0. The lowest BCUT2D eigenvalue weighted by atomic mass is 10.0. The smallest absolute Gasteiger partial charge is 0.0155 e. The first-order valence-electron chi connectivity index (χ1n) is 7.51. The van der Waals surface area contributed by atoms with Crippen molar-refractivity contribution < 1.29 is 0 Å². The van der Waals surface area contributed by atoms with Crippen LogP contribution in [0, 0.1) is 5.92 Å². The van der Waals surface area contributed by atoms with Crippen LogP contribution in [0.3, 0.4) is 0 Å². The fourth-order valence-corrected chi connectivity index (χ4v) is 3.12. The molecule has 0 amide bonds. The maximum Gasteiger partial charge on any atom is 0.0155 e. The highest BCUT2D eigenvalue weighted by Gasteiger charge is 2.13. The van der Waals surface area contributed by atoms with Crippen LogP contribution in [0.2, 0.25) is 0 Å². The molecule has 0 radical (unpaired) electrons. The second kappa shape index (κ2) is 13.9. The van der Waals surface area contributed by atoms with Crippen molar-refractivity contribution in [3.05, 3.63) is 0 Å². The Morgan fingerprint density at radius 3 is 1.89 bits per heavy atom. The van der Waals surface area contributed by atoms with Gasteiger partial charge >= 0.3 is 0 Å². The Bertz CT molecular complexity index is 176. The van der Waals surface area contributed by atoms with Crippen LogP contribution in [-0.4, -0.2) is 42.4 Å². The monoisotopic (exact) mass is 324 g/mol. The minimum Gasteiger partial charge on any atom is -0.313 e. The average Bonchev–Trinajstić information content (AvgIpc) is 2.44. The van der Waals surface area contributed by atoms with Crippen molar-refractivity contribution in [2.24, 2.45) is 5.92 Å². The minimum atomic E-state index is 0.534. The molecule has 0 aliphatic carbocycles. The third-order valence-corrected chi connectivity index (χ3v) is 4.85. The van der Waals surface area contributed by atoms with Gasteiger partial charge in [-0.2, -0.15) is 37.9 Å². The highest BCUT2D eigenvalue weighted by molar-refractivity contribution is 7.80. The molecule has 2 nitrogen and oxygen atoms in total. The molecule has 0 aliphatic heterocycles. The Kier molecular flexibility index (Phi) is 14.6. The van der Waals surface area contributed by atoms with Crippen molar-refractivity contribution in [3.8, 4) is 0 Å². The Balaban J connectivity index is 3.92. The molecule has 5 heteroatoms. The molecule has 0 aromatic heterocycles. The topological polar surface area (TPSA) is 24.1 Å². The molecular formula is C14H32N2S3. The van der Waals surface area contributed by atoms with E-state index in [2.05, 4.69) is 62.4 Å². The van der Waals surface area contributed by atoms with Crippen LogP contribution < -0.4 is 10.6 Å². The van der Waals surface area contributed by atoms with Gasteiger partial charge in [-0.25, -0.2) is 0 Å². The molecule has 3 atom stereocenters. The zero-order chi connectivity index (χ0) is 14.5. The van der Waals surface area contributed by atoms with Gasteiger partial charge in [0.05, 0.1) is 0 Å². The maximum absolute atomic E-state index is 4.48. The van der Waals surface area contributed by atoms with Gasteiger partial charge in [0.2, 0.25) is 0 Å². The highest BCUT2D eigenvalue weighted by Crippen LogP contribution is 2.12. The van der Waals surface area contributed by atoms with Crippen LogP contribution in [0.15, 0.2) is 0 Å². The standard InChI is InChI=1S/C14H32N2S3/c1-3-5-13(10-18)16-8-12(9-17)6-7-14(11-19)15-4-2/h12-19H,3-11H2,1-2H3/t12-,13-,14-/m0/s1. The fraction of sp³-hybridized carbons (Fsp3) is 1.00. The Hall–Kier alpha value is 0.970. The summed E-state index contributed by atoms with van der Waals surface area (Å²) in [5, 5.41) is 7.10. The van der Waals surface area contributed by atoms with Crippen LogP contribution >= 0.6 is 37.9 Å². The Morgan fingerprint density at radius 2 is 1.42 bits per heavy atom. The molecule has 116 valence electrons. The van der Waals surface area contributed by atoms with E-state index in [9.17, 15) is 0 Å². The Labute approximate surface area is 136 Å². The van der Waals surface area contributed by atoms with Gasteiger partial charge in [0.15, 0.2) is 0 Å². The molecule has 0 aromatic carbocycles. The summed E-state index contributed by atoms with van der Waals surface area (Å²) in [7, 11) is 0. The van der Waals surface area contributed by atoms with Gasteiger partial charge in [0.25, 0.3) is 0 Å². The third kappa shape index (κ3) is 10.4. The van der Waals surface area contributed by atoms with Gasteiger partial charge < -0.3 is 10.6 Å². The zero-order valence-corrected chi connectivity index (χ0v) is 15.1. The normalized spacial score (nSPS) is 16.3. The summed E-state index contributed by atoms with van der Waals surface area (Å²) >= 11 is 13.3. The van der Waals surface area contributed by atoms with Crippen molar-refractivity contribution >= 4 is 37.9 Å². The number of thiol groups is 3. The van der Waals surface area contributed by atoms with E-state index >= 15 is 0 Å². The van der Waals surface area contributed by atoms with Gasteiger partial charge in [-0.3, -0.25) is 0 Å². The predicted octanol–water partition coefficient (Wildman–Crippen LogP) is 2.91. The lowest BCUT2D eigenvalue weighted by molar-refractivity contribution is 0.403. The number of rotatable bonds is 13. The predicted molar refractivity (Wildman–Crippen MR) is 98.4 cm³/mol. The molecule has 19 heavy (non-hydrogen) atoms. The number of hydrogen-bond acceptors (Lipinski definition) is 5. The van der Waals surface area contributed by atoms with Gasteiger partial charge in [0, 0.05) is 23.6 Å².